The third-order valence-electron chi connectivity index (χ3n) is 10.1. The summed E-state index contributed by atoms with van der Waals surface area (Å²) in [6.07, 6.45) is 0. The normalized spacial score (nSPS) is 11.9. The highest BCUT2D eigenvalue weighted by Crippen LogP contribution is 2.40. The van der Waals surface area contributed by atoms with Gasteiger partial charge in [0.15, 0.2) is 11.2 Å². The van der Waals surface area contributed by atoms with Crippen LogP contribution in [0.1, 0.15) is 0 Å². The second-order valence-corrected chi connectivity index (χ2v) is 13.0. The lowest BCUT2D eigenvalue weighted by Gasteiger charge is -2.08. The van der Waals surface area contributed by atoms with E-state index >= 15 is 0 Å². The van der Waals surface area contributed by atoms with E-state index in [-0.39, 0.29) is 0 Å². The number of benzene rings is 6. The van der Waals surface area contributed by atoms with Crippen LogP contribution in [-0.2, 0) is 0 Å². The molecule has 0 bridgehead atoms. The van der Waals surface area contributed by atoms with Crippen LogP contribution in [0.3, 0.4) is 0 Å². The van der Waals surface area contributed by atoms with Crippen molar-refractivity contribution < 1.29 is 4.42 Å². The molecular weight excluding hydrogens is 625 g/mol. The highest BCUT2D eigenvalue weighted by molar-refractivity contribution is 6.16. The Labute approximate surface area is 292 Å². The third-order valence-corrected chi connectivity index (χ3v) is 10.1. The van der Waals surface area contributed by atoms with E-state index in [2.05, 4.69) is 161 Å². The van der Waals surface area contributed by atoms with Gasteiger partial charge in [0.25, 0.3) is 0 Å². The first kappa shape index (κ1) is 27.9. The number of rotatable bonds is 4. The Balaban J connectivity index is 1.08. The van der Waals surface area contributed by atoms with Gasteiger partial charge in [-0.25, -0.2) is 9.97 Å². The summed E-state index contributed by atoms with van der Waals surface area (Å²) < 4.78 is 11.0. The van der Waals surface area contributed by atoms with Gasteiger partial charge >= 0.3 is 0 Å². The predicted octanol–water partition coefficient (Wildman–Crippen LogP) is 11.9. The van der Waals surface area contributed by atoms with Crippen LogP contribution in [0.25, 0.3) is 99.7 Å². The predicted molar refractivity (Wildman–Crippen MR) is 209 cm³/mol. The molecule has 0 saturated carbocycles. The molecule has 0 atom stereocenters. The maximum Gasteiger partial charge on any atom is 0.155 e. The maximum atomic E-state index is 6.30. The van der Waals surface area contributed by atoms with Gasteiger partial charge in [-0.3, -0.25) is 0 Å². The molecule has 0 spiro atoms. The summed E-state index contributed by atoms with van der Waals surface area (Å²) in [6, 6.07) is 59.5. The van der Waals surface area contributed by atoms with E-state index in [0.29, 0.717) is 0 Å². The molecule has 0 N–H and O–H groups in total. The van der Waals surface area contributed by atoms with Crippen LogP contribution in [0, 0.1) is 0 Å². The largest absolute Gasteiger partial charge is 0.453 e. The second-order valence-electron chi connectivity index (χ2n) is 13.0. The van der Waals surface area contributed by atoms with Gasteiger partial charge < -0.3 is 13.6 Å². The van der Waals surface area contributed by atoms with E-state index in [1.165, 1.54) is 27.1 Å². The molecule has 238 valence electrons. The molecule has 5 aromatic heterocycles. The van der Waals surface area contributed by atoms with Crippen molar-refractivity contribution in [2.75, 3.05) is 0 Å². The van der Waals surface area contributed by atoms with Crippen molar-refractivity contribution >= 4 is 65.8 Å². The van der Waals surface area contributed by atoms with Crippen LogP contribution in [0.4, 0.5) is 0 Å². The van der Waals surface area contributed by atoms with Crippen LogP contribution in [0.2, 0.25) is 0 Å². The quantitative estimate of drug-likeness (QED) is 0.190. The summed E-state index contributed by atoms with van der Waals surface area (Å²) >= 11 is 0. The Morgan fingerprint density at radius 3 is 1.67 bits per heavy atom. The molecule has 0 amide bonds. The average molecular weight is 653 g/mol. The van der Waals surface area contributed by atoms with Gasteiger partial charge in [-0.1, -0.05) is 91.0 Å². The van der Waals surface area contributed by atoms with Gasteiger partial charge in [-0.05, 0) is 78.9 Å². The highest BCUT2D eigenvalue weighted by atomic mass is 16.3. The van der Waals surface area contributed by atoms with E-state index in [0.717, 1.165) is 72.6 Å². The molecule has 0 fully saturated rings. The topological polar surface area (TPSA) is 48.8 Å². The average Bonchev–Trinajstić information content (AvgIpc) is 3.85. The van der Waals surface area contributed by atoms with E-state index < -0.39 is 0 Å². The molecule has 5 nitrogen and oxygen atoms in total. The third kappa shape index (κ3) is 4.15. The Kier molecular flexibility index (Phi) is 5.89. The molecule has 11 aromatic rings. The summed E-state index contributed by atoms with van der Waals surface area (Å²) in [5.41, 5.74) is 13.8. The number of nitrogens with zero attached hydrogens (tertiary/aromatic N) is 4. The summed E-state index contributed by atoms with van der Waals surface area (Å²) in [5.74, 6) is 0. The van der Waals surface area contributed by atoms with Crippen LogP contribution < -0.4 is 0 Å². The lowest BCUT2D eigenvalue weighted by Crippen LogP contribution is -1.93. The number of para-hydroxylation sites is 4. The number of furan rings is 1. The zero-order valence-electron chi connectivity index (χ0n) is 27.4. The molecule has 11 rings (SSSR count). The molecule has 0 radical (unpaired) electrons. The monoisotopic (exact) mass is 652 g/mol. The molecule has 0 aliphatic rings. The van der Waals surface area contributed by atoms with Crippen molar-refractivity contribution in [2.24, 2.45) is 0 Å². The van der Waals surface area contributed by atoms with Crippen LogP contribution in [0.5, 0.6) is 0 Å². The van der Waals surface area contributed by atoms with Gasteiger partial charge in [0, 0.05) is 44.0 Å². The molecule has 0 aliphatic heterocycles. The number of pyridine rings is 2. The van der Waals surface area contributed by atoms with E-state index in [1.54, 1.807) is 0 Å². The summed E-state index contributed by atoms with van der Waals surface area (Å²) in [5, 5.41) is 4.76. The van der Waals surface area contributed by atoms with Gasteiger partial charge in [0.1, 0.15) is 11.0 Å². The molecule has 0 aliphatic carbocycles. The molecule has 6 aromatic carbocycles. The van der Waals surface area contributed by atoms with Gasteiger partial charge in [-0.2, -0.15) is 0 Å². The standard InChI is InChI=1S/C46H28N4O/c1-3-12-30(13-4-1)49-38-19-9-7-16-32(38)35-28-29(22-25-40(35)49)36-23-26-42-45(47-36)46-43(51-42)27-24-37(48-46)33-18-11-21-41-44(33)34-17-8-10-20-39(34)50(41)31-14-5-2-6-15-31/h1-28H. The zero-order valence-corrected chi connectivity index (χ0v) is 27.4. The Morgan fingerprint density at radius 2 is 0.941 bits per heavy atom. The van der Waals surface area contributed by atoms with E-state index in [4.69, 9.17) is 14.4 Å². The molecule has 0 unspecified atom stereocenters. The second kappa shape index (κ2) is 10.8. The molecular formula is C46H28N4O. The van der Waals surface area contributed by atoms with Crippen molar-refractivity contribution in [1.82, 2.24) is 19.1 Å². The number of hydrogen-bond acceptors (Lipinski definition) is 3. The summed E-state index contributed by atoms with van der Waals surface area (Å²) in [4.78, 5) is 10.5. The number of hydrogen-bond donors (Lipinski definition) is 0. The zero-order chi connectivity index (χ0) is 33.5. The molecule has 51 heavy (non-hydrogen) atoms. The first-order valence-electron chi connectivity index (χ1n) is 17.2. The highest BCUT2D eigenvalue weighted by Gasteiger charge is 2.19. The number of fused-ring (bicyclic) bond motifs is 9. The fourth-order valence-electron chi connectivity index (χ4n) is 7.90. The lowest BCUT2D eigenvalue weighted by atomic mass is 10.0. The molecule has 5 heterocycles. The first-order valence-corrected chi connectivity index (χ1v) is 17.2. The van der Waals surface area contributed by atoms with Crippen molar-refractivity contribution in [1.29, 1.82) is 0 Å². The van der Waals surface area contributed by atoms with Crippen LogP contribution in [-0.4, -0.2) is 19.1 Å². The van der Waals surface area contributed by atoms with Crippen molar-refractivity contribution in [2.45, 2.75) is 0 Å². The molecule has 5 heteroatoms. The summed E-state index contributed by atoms with van der Waals surface area (Å²) in [7, 11) is 0. The fourth-order valence-corrected chi connectivity index (χ4v) is 7.90. The Hall–Kier alpha value is -6.98. The van der Waals surface area contributed by atoms with Gasteiger partial charge in [0.05, 0.1) is 33.5 Å². The molecule has 0 saturated heterocycles. The fraction of sp³-hybridized carbons (Fsp3) is 0. The van der Waals surface area contributed by atoms with Crippen molar-refractivity contribution in [3.05, 3.63) is 170 Å². The number of aromatic nitrogens is 4. The van der Waals surface area contributed by atoms with Crippen LogP contribution >= 0.6 is 0 Å². The maximum absolute atomic E-state index is 6.30. The lowest BCUT2D eigenvalue weighted by molar-refractivity contribution is 0.667. The van der Waals surface area contributed by atoms with Crippen LogP contribution in [0.15, 0.2) is 174 Å². The Morgan fingerprint density at radius 1 is 0.392 bits per heavy atom. The van der Waals surface area contributed by atoms with E-state index in [9.17, 15) is 0 Å². The minimum atomic E-state index is 0.721. The smallest absolute Gasteiger partial charge is 0.155 e. The minimum Gasteiger partial charge on any atom is -0.453 e. The first-order chi connectivity index (χ1) is 25.3. The van der Waals surface area contributed by atoms with Crippen molar-refractivity contribution in [3.8, 4) is 33.9 Å². The SMILES string of the molecule is c1ccc(-n2c3ccccc3c3cc(-c4ccc5oc6ccc(-c7cccc8c7c7ccccc7n8-c7ccccc7)nc6c5n4)ccc32)cc1. The summed E-state index contributed by atoms with van der Waals surface area (Å²) in [6.45, 7) is 0. The van der Waals surface area contributed by atoms with Gasteiger partial charge in [-0.15, -0.1) is 0 Å². The Bertz CT molecular complexity index is 3130. The minimum absolute atomic E-state index is 0.721. The van der Waals surface area contributed by atoms with Gasteiger partial charge in [0.2, 0.25) is 0 Å². The van der Waals surface area contributed by atoms with E-state index in [1.807, 2.05) is 18.2 Å². The van der Waals surface area contributed by atoms with Crippen molar-refractivity contribution in [3.63, 3.8) is 0 Å².